The summed E-state index contributed by atoms with van der Waals surface area (Å²) in [5.41, 5.74) is -0.0791. The highest BCUT2D eigenvalue weighted by Crippen LogP contribution is 2.37. The number of hydrogen-bond acceptors (Lipinski definition) is 10. The molecular weight excluding hydrogens is 354 g/mol. The molecule has 27 heavy (non-hydrogen) atoms. The summed E-state index contributed by atoms with van der Waals surface area (Å²) >= 11 is 0. The van der Waals surface area contributed by atoms with Crippen molar-refractivity contribution in [3.05, 3.63) is 34.6 Å². The van der Waals surface area contributed by atoms with E-state index in [1.54, 1.807) is 18.2 Å². The van der Waals surface area contributed by atoms with E-state index in [0.717, 1.165) is 6.33 Å². The number of benzene rings is 1. The second-order valence-electron chi connectivity index (χ2n) is 5.02. The molecule has 0 spiro atoms. The third kappa shape index (κ3) is 4.29. The van der Waals surface area contributed by atoms with Crippen LogP contribution in [0.4, 0.5) is 23.0 Å². The van der Waals surface area contributed by atoms with Gasteiger partial charge in [0, 0.05) is 6.07 Å². The third-order valence-electron chi connectivity index (χ3n) is 3.47. The lowest BCUT2D eigenvalue weighted by Crippen LogP contribution is -2.26. The SMILES string of the molecule is COc1ccc(OC)c(Nc2ncnc(N(CC#N)CC#N)c2[N+](=O)[O-])c1. The number of anilines is 3. The quantitative estimate of drug-likeness (QED) is 0.415. The summed E-state index contributed by atoms with van der Waals surface area (Å²) < 4.78 is 10.4. The van der Waals surface area contributed by atoms with Gasteiger partial charge in [-0.1, -0.05) is 0 Å². The van der Waals surface area contributed by atoms with Gasteiger partial charge in [0.2, 0.25) is 11.6 Å². The van der Waals surface area contributed by atoms with Gasteiger partial charge in [-0.15, -0.1) is 0 Å². The van der Waals surface area contributed by atoms with Crippen LogP contribution in [0.25, 0.3) is 0 Å². The van der Waals surface area contributed by atoms with Crippen LogP contribution in [-0.2, 0) is 0 Å². The zero-order valence-electron chi connectivity index (χ0n) is 14.5. The Bertz CT molecular complexity index is 904. The van der Waals surface area contributed by atoms with Crippen molar-refractivity contribution >= 4 is 23.0 Å². The van der Waals surface area contributed by atoms with Gasteiger partial charge in [0.15, 0.2) is 0 Å². The third-order valence-corrected chi connectivity index (χ3v) is 3.47. The normalized spacial score (nSPS) is 9.63. The van der Waals surface area contributed by atoms with Gasteiger partial charge in [-0.05, 0) is 12.1 Å². The van der Waals surface area contributed by atoms with Crippen LogP contribution >= 0.6 is 0 Å². The average Bonchev–Trinajstić information content (AvgIpc) is 2.67. The maximum Gasteiger partial charge on any atom is 0.353 e. The second-order valence-corrected chi connectivity index (χ2v) is 5.02. The molecule has 0 aliphatic heterocycles. The van der Waals surface area contributed by atoms with Crippen molar-refractivity contribution in [3.63, 3.8) is 0 Å². The van der Waals surface area contributed by atoms with Crippen molar-refractivity contribution in [2.24, 2.45) is 0 Å². The Balaban J connectivity index is 2.56. The van der Waals surface area contributed by atoms with Gasteiger partial charge in [-0.3, -0.25) is 10.1 Å². The van der Waals surface area contributed by atoms with Gasteiger partial charge in [-0.25, -0.2) is 9.97 Å². The standard InChI is InChI=1S/C16H15N7O4/c1-26-11-3-4-13(27-2)12(9-11)21-15-14(23(24)25)16(20-10-19-15)22(7-5-17)8-6-18/h3-4,9-10H,7-8H2,1-2H3,(H,19,20,21). The number of ether oxygens (including phenoxy) is 2. The van der Waals surface area contributed by atoms with Crippen LogP contribution in [0.15, 0.2) is 24.5 Å². The molecule has 2 rings (SSSR count). The van der Waals surface area contributed by atoms with E-state index >= 15 is 0 Å². The zero-order chi connectivity index (χ0) is 19.8. The van der Waals surface area contributed by atoms with E-state index in [1.165, 1.54) is 19.1 Å². The summed E-state index contributed by atoms with van der Waals surface area (Å²) in [6.07, 6.45) is 1.11. The summed E-state index contributed by atoms with van der Waals surface area (Å²) in [4.78, 5) is 20.0. The second kappa shape index (κ2) is 8.82. The molecule has 0 radical (unpaired) electrons. The Morgan fingerprint density at radius 1 is 1.22 bits per heavy atom. The lowest BCUT2D eigenvalue weighted by Gasteiger charge is -2.18. The maximum atomic E-state index is 11.7. The molecule has 0 atom stereocenters. The van der Waals surface area contributed by atoms with E-state index in [2.05, 4.69) is 15.3 Å². The zero-order valence-corrected chi connectivity index (χ0v) is 14.5. The van der Waals surface area contributed by atoms with Crippen LogP contribution in [-0.4, -0.2) is 42.2 Å². The van der Waals surface area contributed by atoms with E-state index in [1.807, 2.05) is 12.1 Å². The van der Waals surface area contributed by atoms with Crippen LogP contribution in [0.1, 0.15) is 0 Å². The molecule has 11 nitrogen and oxygen atoms in total. The Morgan fingerprint density at radius 3 is 2.48 bits per heavy atom. The first-order valence-electron chi connectivity index (χ1n) is 7.53. The van der Waals surface area contributed by atoms with Gasteiger partial charge < -0.3 is 19.7 Å². The lowest BCUT2D eigenvalue weighted by molar-refractivity contribution is -0.383. The molecule has 0 bridgehead atoms. The highest BCUT2D eigenvalue weighted by atomic mass is 16.6. The molecule has 0 unspecified atom stereocenters. The molecule has 1 aromatic heterocycles. The summed E-state index contributed by atoms with van der Waals surface area (Å²) in [6.45, 7) is -0.485. The number of nitriles is 2. The van der Waals surface area contributed by atoms with Gasteiger partial charge in [-0.2, -0.15) is 10.5 Å². The molecule has 0 aliphatic rings. The minimum atomic E-state index is -0.675. The topological polar surface area (TPSA) is 150 Å². The smallest absolute Gasteiger partial charge is 0.353 e. The summed E-state index contributed by atoms with van der Waals surface area (Å²) in [6, 6.07) is 8.60. The van der Waals surface area contributed by atoms with Gasteiger partial charge in [0.05, 0.1) is 37.0 Å². The molecule has 1 aromatic carbocycles. The van der Waals surface area contributed by atoms with Crippen molar-refractivity contribution in [2.75, 3.05) is 37.5 Å². The molecular formula is C16H15N7O4. The molecule has 0 fully saturated rings. The fraction of sp³-hybridized carbons (Fsp3) is 0.250. The summed E-state index contributed by atoms with van der Waals surface area (Å²) in [7, 11) is 2.94. The van der Waals surface area contributed by atoms with Gasteiger partial charge in [0.1, 0.15) is 30.9 Å². The first-order valence-corrected chi connectivity index (χ1v) is 7.53. The Labute approximate surface area is 154 Å². The van der Waals surface area contributed by atoms with Gasteiger partial charge in [0.25, 0.3) is 0 Å². The van der Waals surface area contributed by atoms with Gasteiger partial charge >= 0.3 is 5.69 Å². The maximum absolute atomic E-state index is 11.7. The molecule has 0 saturated heterocycles. The fourth-order valence-electron chi connectivity index (χ4n) is 2.28. The molecule has 2 aromatic rings. The molecule has 1 N–H and O–H groups in total. The first-order chi connectivity index (χ1) is 13.0. The van der Waals surface area contributed by atoms with Crippen LogP contribution < -0.4 is 19.7 Å². The van der Waals surface area contributed by atoms with Crippen molar-refractivity contribution in [3.8, 4) is 23.6 Å². The number of nitrogens with one attached hydrogen (secondary N) is 1. The van der Waals surface area contributed by atoms with Crippen LogP contribution in [0.2, 0.25) is 0 Å². The van der Waals surface area contributed by atoms with Crippen molar-refractivity contribution in [2.45, 2.75) is 0 Å². The van der Waals surface area contributed by atoms with Crippen molar-refractivity contribution < 1.29 is 14.4 Å². The Morgan fingerprint density at radius 2 is 1.93 bits per heavy atom. The molecule has 1 heterocycles. The summed E-state index contributed by atoms with van der Waals surface area (Å²) in [5.74, 6) is 0.668. The predicted octanol–water partition coefficient (Wildman–Crippen LogP) is 2.00. The van der Waals surface area contributed by atoms with Crippen molar-refractivity contribution in [1.29, 1.82) is 10.5 Å². The molecule has 0 aliphatic carbocycles. The van der Waals surface area contributed by atoms with E-state index in [4.69, 9.17) is 20.0 Å². The minimum Gasteiger partial charge on any atom is -0.497 e. The Kier molecular flexibility index (Phi) is 6.28. The predicted molar refractivity (Wildman–Crippen MR) is 95.0 cm³/mol. The van der Waals surface area contributed by atoms with E-state index in [-0.39, 0.29) is 24.7 Å². The number of nitrogens with zero attached hydrogens (tertiary/aromatic N) is 6. The largest absolute Gasteiger partial charge is 0.497 e. The number of methoxy groups -OCH3 is 2. The highest BCUT2D eigenvalue weighted by molar-refractivity contribution is 5.77. The molecule has 0 amide bonds. The monoisotopic (exact) mass is 369 g/mol. The van der Waals surface area contributed by atoms with Crippen LogP contribution in [0, 0.1) is 32.8 Å². The molecule has 138 valence electrons. The van der Waals surface area contributed by atoms with E-state index < -0.39 is 10.6 Å². The average molecular weight is 369 g/mol. The number of aromatic nitrogens is 2. The highest BCUT2D eigenvalue weighted by Gasteiger charge is 2.27. The number of nitro groups is 1. The minimum absolute atomic E-state index is 0.113. The molecule has 0 saturated carbocycles. The number of hydrogen-bond donors (Lipinski definition) is 1. The van der Waals surface area contributed by atoms with E-state index in [0.29, 0.717) is 17.2 Å². The molecule has 11 heteroatoms. The first kappa shape index (κ1) is 19.2. The van der Waals surface area contributed by atoms with Crippen molar-refractivity contribution in [1.82, 2.24) is 9.97 Å². The fourth-order valence-corrected chi connectivity index (χ4v) is 2.28. The number of rotatable bonds is 8. The van der Waals surface area contributed by atoms with Crippen LogP contribution in [0.3, 0.4) is 0 Å². The summed E-state index contributed by atoms with van der Waals surface area (Å²) in [5, 5.41) is 32.3. The lowest BCUT2D eigenvalue weighted by atomic mass is 10.2. The van der Waals surface area contributed by atoms with Crippen LogP contribution in [0.5, 0.6) is 11.5 Å². The van der Waals surface area contributed by atoms with E-state index in [9.17, 15) is 10.1 Å². The Hall–Kier alpha value is -4.12.